The van der Waals surface area contributed by atoms with E-state index in [9.17, 15) is 13.6 Å². The van der Waals surface area contributed by atoms with Crippen molar-refractivity contribution in [1.29, 1.82) is 0 Å². The second-order valence-corrected chi connectivity index (χ2v) is 6.00. The summed E-state index contributed by atoms with van der Waals surface area (Å²) in [6, 6.07) is 11.2. The monoisotopic (exact) mass is 368 g/mol. The molecule has 0 bridgehead atoms. The Balaban J connectivity index is 1.87. The maximum atomic E-state index is 13.6. The van der Waals surface area contributed by atoms with E-state index >= 15 is 0 Å². The molecule has 0 radical (unpaired) electrons. The van der Waals surface area contributed by atoms with Gasteiger partial charge in [-0.25, -0.2) is 8.78 Å². The number of amides is 1. The fraction of sp³-hybridized carbons (Fsp3) is 0.100. The molecule has 138 valence electrons. The van der Waals surface area contributed by atoms with Gasteiger partial charge in [-0.05, 0) is 24.6 Å². The summed E-state index contributed by atoms with van der Waals surface area (Å²) < 4.78 is 28.1. The summed E-state index contributed by atoms with van der Waals surface area (Å²) in [5, 5.41) is 6.91. The maximum Gasteiger partial charge on any atom is 0.276 e. The largest absolute Gasteiger partial charge is 0.363 e. The molecule has 0 aliphatic rings. The lowest BCUT2D eigenvalue weighted by molar-refractivity contribution is 0.102. The minimum atomic E-state index is -1.18. The summed E-state index contributed by atoms with van der Waals surface area (Å²) in [5.41, 5.74) is 3.15. The Kier molecular flexibility index (Phi) is 5.03. The van der Waals surface area contributed by atoms with Crippen LogP contribution in [0.3, 0.4) is 0 Å². The van der Waals surface area contributed by atoms with Crippen molar-refractivity contribution in [2.24, 2.45) is 7.05 Å². The van der Waals surface area contributed by atoms with Crippen molar-refractivity contribution in [1.82, 2.24) is 14.8 Å². The van der Waals surface area contributed by atoms with Gasteiger partial charge in [-0.15, -0.1) is 0 Å². The number of carbonyl (C=O) groups excluding carboxylic acids is 1. The van der Waals surface area contributed by atoms with Crippen molar-refractivity contribution in [2.45, 2.75) is 6.92 Å². The molecule has 1 aromatic carbocycles. The first-order chi connectivity index (χ1) is 12.9. The van der Waals surface area contributed by atoms with Gasteiger partial charge in [0.1, 0.15) is 0 Å². The third-order valence-electron chi connectivity index (χ3n) is 4.09. The van der Waals surface area contributed by atoms with Gasteiger partial charge in [-0.1, -0.05) is 36.9 Å². The van der Waals surface area contributed by atoms with Gasteiger partial charge in [-0.3, -0.25) is 9.48 Å². The summed E-state index contributed by atoms with van der Waals surface area (Å²) in [6.07, 6.45) is 2.49. The summed E-state index contributed by atoms with van der Waals surface area (Å²) in [6.45, 7) is 4.61. The lowest BCUT2D eigenvalue weighted by Crippen LogP contribution is -2.13. The van der Waals surface area contributed by atoms with Gasteiger partial charge < -0.3 is 10.3 Å². The fourth-order valence-corrected chi connectivity index (χ4v) is 2.68. The van der Waals surface area contributed by atoms with Crippen molar-refractivity contribution in [3.8, 4) is 11.3 Å². The lowest BCUT2D eigenvalue weighted by Gasteiger charge is -2.03. The van der Waals surface area contributed by atoms with Crippen LogP contribution in [0.5, 0.6) is 0 Å². The highest BCUT2D eigenvalue weighted by Crippen LogP contribution is 2.26. The van der Waals surface area contributed by atoms with Crippen molar-refractivity contribution in [2.75, 3.05) is 5.32 Å². The number of hydrogen-bond donors (Lipinski definition) is 2. The van der Waals surface area contributed by atoms with Crippen LogP contribution in [0.25, 0.3) is 17.3 Å². The van der Waals surface area contributed by atoms with E-state index in [1.165, 1.54) is 6.20 Å². The zero-order valence-electron chi connectivity index (χ0n) is 14.9. The third-order valence-corrected chi connectivity index (χ3v) is 4.09. The van der Waals surface area contributed by atoms with Gasteiger partial charge >= 0.3 is 0 Å². The van der Waals surface area contributed by atoms with Crippen LogP contribution in [0.4, 0.5) is 14.5 Å². The number of allylic oxidation sites excluding steroid dienone is 2. The van der Waals surface area contributed by atoms with Crippen LogP contribution in [-0.2, 0) is 7.05 Å². The fourth-order valence-electron chi connectivity index (χ4n) is 2.68. The quantitative estimate of drug-likeness (QED) is 0.637. The molecule has 1 amide bonds. The molecule has 2 N–H and O–H groups in total. The molecule has 2 aromatic heterocycles. The normalized spacial score (nSPS) is 11.5. The number of anilines is 1. The van der Waals surface area contributed by atoms with Crippen LogP contribution >= 0.6 is 0 Å². The molecule has 0 spiro atoms. The first-order valence-electron chi connectivity index (χ1n) is 8.17. The second kappa shape index (κ2) is 7.41. The highest BCUT2D eigenvalue weighted by molar-refractivity contribution is 6.04. The zero-order chi connectivity index (χ0) is 19.6. The molecular formula is C20H18F2N4O. The Morgan fingerprint density at radius 3 is 2.67 bits per heavy atom. The molecule has 0 unspecified atom stereocenters. The standard InChI is InChI=1S/C20H18F2N4O/c1-12(21)16(22)9-15-13(2)23-11-18(15)24-20(27)17-10-19(26(3)25-17)14-7-5-4-6-8-14/h4-11,23H,1H2,2-3H3,(H,24,27)/b16-9+. The highest BCUT2D eigenvalue weighted by atomic mass is 19.2. The average Bonchev–Trinajstić information content (AvgIpc) is 3.20. The van der Waals surface area contributed by atoms with Crippen LogP contribution in [-0.4, -0.2) is 20.7 Å². The van der Waals surface area contributed by atoms with E-state index in [-0.39, 0.29) is 5.69 Å². The van der Waals surface area contributed by atoms with Crippen molar-refractivity contribution >= 4 is 17.7 Å². The third kappa shape index (κ3) is 3.87. The molecule has 0 aliphatic carbocycles. The average molecular weight is 368 g/mol. The molecule has 5 nitrogen and oxygen atoms in total. The number of benzene rings is 1. The number of nitrogens with one attached hydrogen (secondary N) is 2. The van der Waals surface area contributed by atoms with Gasteiger partial charge in [-0.2, -0.15) is 5.10 Å². The lowest BCUT2D eigenvalue weighted by atomic mass is 10.1. The summed E-state index contributed by atoms with van der Waals surface area (Å²) in [5.74, 6) is -2.73. The van der Waals surface area contributed by atoms with E-state index in [1.54, 1.807) is 24.7 Å². The molecule has 2 heterocycles. The van der Waals surface area contributed by atoms with Gasteiger partial charge in [0, 0.05) is 24.5 Å². The number of H-pyrrole nitrogens is 1. The molecule has 0 atom stereocenters. The molecule has 7 heteroatoms. The van der Waals surface area contributed by atoms with Crippen molar-refractivity contribution in [3.63, 3.8) is 0 Å². The first kappa shape index (κ1) is 18.3. The molecular weight excluding hydrogens is 350 g/mol. The number of aromatic nitrogens is 3. The summed E-state index contributed by atoms with van der Waals surface area (Å²) >= 11 is 0. The van der Waals surface area contributed by atoms with Gasteiger partial charge in [0.15, 0.2) is 17.3 Å². The van der Waals surface area contributed by atoms with Crippen molar-refractivity contribution in [3.05, 3.63) is 77.8 Å². The smallest absolute Gasteiger partial charge is 0.276 e. The first-order valence-corrected chi connectivity index (χ1v) is 8.17. The summed E-state index contributed by atoms with van der Waals surface area (Å²) in [7, 11) is 1.75. The summed E-state index contributed by atoms with van der Waals surface area (Å²) in [4.78, 5) is 15.5. The second-order valence-electron chi connectivity index (χ2n) is 6.00. The topological polar surface area (TPSA) is 62.7 Å². The molecule has 3 rings (SSSR count). The number of halogens is 2. The number of carbonyl (C=O) groups is 1. The predicted molar refractivity (Wildman–Crippen MR) is 101 cm³/mol. The Labute approximate surface area is 155 Å². The van der Waals surface area contributed by atoms with Crippen molar-refractivity contribution < 1.29 is 13.6 Å². The molecule has 0 saturated carbocycles. The molecule has 0 aliphatic heterocycles. The number of aromatic amines is 1. The molecule has 27 heavy (non-hydrogen) atoms. The van der Waals surface area contributed by atoms with E-state index in [2.05, 4.69) is 22.0 Å². The van der Waals surface area contributed by atoms with E-state index in [4.69, 9.17) is 0 Å². The van der Waals surface area contributed by atoms with Crippen LogP contribution in [0.1, 0.15) is 21.7 Å². The zero-order valence-corrected chi connectivity index (χ0v) is 14.9. The van der Waals surface area contributed by atoms with Crippen LogP contribution < -0.4 is 5.32 Å². The molecule has 0 fully saturated rings. The van der Waals surface area contributed by atoms with E-state index < -0.39 is 17.6 Å². The minimum absolute atomic E-state index is 0.209. The maximum absolute atomic E-state index is 13.6. The molecule has 3 aromatic rings. The SMILES string of the molecule is C=C(F)/C(F)=C\c1c(NC(=O)c2cc(-c3ccccc3)n(C)n2)c[nH]c1C. The number of hydrogen-bond acceptors (Lipinski definition) is 2. The van der Waals surface area contributed by atoms with E-state index in [1.807, 2.05) is 30.3 Å². The van der Waals surface area contributed by atoms with Gasteiger partial charge in [0.2, 0.25) is 0 Å². The predicted octanol–water partition coefficient (Wildman–Crippen LogP) is 4.77. The number of rotatable bonds is 5. The number of nitrogens with zero attached hydrogens (tertiary/aromatic N) is 2. The van der Waals surface area contributed by atoms with Gasteiger partial charge in [0.25, 0.3) is 5.91 Å². The van der Waals surface area contributed by atoms with Crippen LogP contribution in [0, 0.1) is 6.92 Å². The Bertz CT molecular complexity index is 1030. The van der Waals surface area contributed by atoms with Crippen LogP contribution in [0.15, 0.2) is 60.8 Å². The van der Waals surface area contributed by atoms with E-state index in [0.717, 1.165) is 17.3 Å². The number of aryl methyl sites for hydroxylation is 2. The Morgan fingerprint density at radius 2 is 2.00 bits per heavy atom. The van der Waals surface area contributed by atoms with Crippen LogP contribution in [0.2, 0.25) is 0 Å². The van der Waals surface area contributed by atoms with Gasteiger partial charge in [0.05, 0.1) is 11.4 Å². The highest BCUT2D eigenvalue weighted by Gasteiger charge is 2.17. The minimum Gasteiger partial charge on any atom is -0.363 e. The van der Waals surface area contributed by atoms with E-state index in [0.29, 0.717) is 16.9 Å². The Morgan fingerprint density at radius 1 is 1.30 bits per heavy atom. The molecule has 0 saturated heterocycles. The Hall–Kier alpha value is -3.48.